The molecule has 1 aliphatic rings. The summed E-state index contributed by atoms with van der Waals surface area (Å²) in [7, 11) is -2.46. The van der Waals surface area contributed by atoms with Gasteiger partial charge in [0.2, 0.25) is 11.6 Å². The van der Waals surface area contributed by atoms with Gasteiger partial charge in [-0.15, -0.1) is 0 Å². The van der Waals surface area contributed by atoms with Gasteiger partial charge in [-0.05, 0) is 49.9 Å². The summed E-state index contributed by atoms with van der Waals surface area (Å²) in [5.74, 6) is 0.0637. The van der Waals surface area contributed by atoms with Crippen LogP contribution in [0.5, 0.6) is 5.75 Å². The Morgan fingerprint density at radius 2 is 2.02 bits per heavy atom. The number of aromatic nitrogens is 4. The van der Waals surface area contributed by atoms with Gasteiger partial charge >= 0.3 is 5.69 Å². The number of nitrogens with one attached hydrogen (secondary N) is 2. The van der Waals surface area contributed by atoms with Crippen LogP contribution in [0.15, 0.2) is 63.5 Å². The van der Waals surface area contributed by atoms with Crippen molar-refractivity contribution in [1.82, 2.24) is 20.2 Å². The largest absolute Gasteiger partial charge is 0.490 e. The first-order chi connectivity index (χ1) is 20.6. The highest BCUT2D eigenvalue weighted by molar-refractivity contribution is 7.99. The number of nitro groups is 1. The summed E-state index contributed by atoms with van der Waals surface area (Å²) in [5, 5.41) is 21.7. The number of aryl methyl sites for hydroxylation is 1. The van der Waals surface area contributed by atoms with Gasteiger partial charge in [0.25, 0.3) is 0 Å². The standard InChI is InChI=1S/C27H28FN7O6S2/c1-16-13-22(33-32-16)29-25-24(40-3)26(34-11-12-41-14-17(34)2)31-27(30-25)42-19-7-9-20(10-8-19)43(38,39)15-18-5-4-6-21(23(18)28)35(36)37/h4-10,13,17H,11-12,14-15H2,1-3H3,(H2,29,30,31,32,33). The molecule has 16 heteroatoms. The average Bonchev–Trinajstić information content (AvgIpc) is 3.38. The van der Waals surface area contributed by atoms with E-state index >= 15 is 0 Å². The smallest absolute Gasteiger partial charge is 0.305 e. The maximum atomic E-state index is 14.5. The van der Waals surface area contributed by atoms with E-state index in [-0.39, 0.29) is 16.5 Å². The number of hydrogen-bond acceptors (Lipinski definition) is 12. The Balaban J connectivity index is 1.43. The molecule has 0 spiro atoms. The van der Waals surface area contributed by atoms with Crippen LogP contribution in [-0.4, -0.2) is 66.4 Å². The lowest BCUT2D eigenvalue weighted by Gasteiger charge is -2.35. The SMILES string of the molecule is COc1c(Nc2cc(C)[nH]n2)nc(Sc2ccc(S(=O)(=O)Cc3cccc([N+](=O)[O-])c3F)cc2)nc1N1CCOCC1C. The van der Waals surface area contributed by atoms with Crippen LogP contribution in [0.2, 0.25) is 0 Å². The van der Waals surface area contributed by atoms with Crippen molar-refractivity contribution in [3.63, 3.8) is 0 Å². The van der Waals surface area contributed by atoms with Crippen LogP contribution < -0.4 is 15.0 Å². The van der Waals surface area contributed by atoms with Crippen LogP contribution in [0, 0.1) is 22.9 Å². The number of anilines is 3. The van der Waals surface area contributed by atoms with Crippen molar-refractivity contribution in [2.75, 3.05) is 37.1 Å². The number of ether oxygens (including phenoxy) is 2. The van der Waals surface area contributed by atoms with Gasteiger partial charge in [-0.25, -0.2) is 18.4 Å². The van der Waals surface area contributed by atoms with Gasteiger partial charge in [0.15, 0.2) is 32.4 Å². The minimum absolute atomic E-state index is 0.0243. The van der Waals surface area contributed by atoms with Gasteiger partial charge in [-0.3, -0.25) is 15.2 Å². The molecule has 1 fully saturated rings. The molecule has 1 aliphatic heterocycles. The molecule has 0 radical (unpaired) electrons. The third-order valence-electron chi connectivity index (χ3n) is 6.62. The second-order valence-corrected chi connectivity index (χ2v) is 12.8. The summed E-state index contributed by atoms with van der Waals surface area (Å²) in [6.45, 7) is 5.54. The minimum Gasteiger partial charge on any atom is -0.490 e. The first-order valence-electron chi connectivity index (χ1n) is 13.1. The first-order valence-corrected chi connectivity index (χ1v) is 15.5. The van der Waals surface area contributed by atoms with Gasteiger partial charge in [0.05, 0.1) is 41.9 Å². The number of benzene rings is 2. The zero-order chi connectivity index (χ0) is 30.7. The third kappa shape index (κ3) is 6.71. The molecule has 0 aliphatic carbocycles. The summed E-state index contributed by atoms with van der Waals surface area (Å²) in [5.41, 5.74) is -0.201. The second-order valence-electron chi connectivity index (χ2n) is 9.73. The zero-order valence-corrected chi connectivity index (χ0v) is 25.0. The highest BCUT2D eigenvalue weighted by Gasteiger charge is 2.28. The molecule has 0 saturated carbocycles. The van der Waals surface area contributed by atoms with E-state index < -0.39 is 32.0 Å². The molecule has 4 aromatic rings. The summed E-state index contributed by atoms with van der Waals surface area (Å²) in [4.78, 5) is 22.3. The Morgan fingerprint density at radius 1 is 1.26 bits per heavy atom. The summed E-state index contributed by atoms with van der Waals surface area (Å²) in [6.07, 6.45) is 0. The number of halogens is 1. The van der Waals surface area contributed by atoms with Gasteiger partial charge < -0.3 is 19.7 Å². The van der Waals surface area contributed by atoms with E-state index in [1.54, 1.807) is 19.2 Å². The third-order valence-corrected chi connectivity index (χ3v) is 9.17. The number of H-pyrrole nitrogens is 1. The lowest BCUT2D eigenvalue weighted by atomic mass is 10.2. The fourth-order valence-corrected chi connectivity index (χ4v) is 6.61. The van der Waals surface area contributed by atoms with Gasteiger partial charge in [-0.1, -0.05) is 12.1 Å². The monoisotopic (exact) mass is 629 g/mol. The summed E-state index contributed by atoms with van der Waals surface area (Å²) < 4.78 is 51.9. The molecule has 2 N–H and O–H groups in total. The van der Waals surface area contributed by atoms with E-state index in [1.807, 2.05) is 19.9 Å². The van der Waals surface area contributed by atoms with Crippen molar-refractivity contribution in [2.45, 2.75) is 40.6 Å². The fourth-order valence-electron chi connectivity index (χ4n) is 4.50. The zero-order valence-electron chi connectivity index (χ0n) is 23.4. The fraction of sp³-hybridized carbons (Fsp3) is 0.296. The lowest BCUT2D eigenvalue weighted by Crippen LogP contribution is -2.44. The Labute approximate surface area is 250 Å². The van der Waals surface area contributed by atoms with E-state index in [1.165, 1.54) is 36.0 Å². The number of methoxy groups -OCH3 is 1. The molecular weight excluding hydrogens is 601 g/mol. The van der Waals surface area contributed by atoms with E-state index in [4.69, 9.17) is 14.5 Å². The van der Waals surface area contributed by atoms with Crippen molar-refractivity contribution < 1.29 is 27.2 Å². The number of sulfone groups is 1. The van der Waals surface area contributed by atoms with E-state index in [0.29, 0.717) is 53.0 Å². The molecule has 3 heterocycles. The molecule has 5 rings (SSSR count). The van der Waals surface area contributed by atoms with E-state index in [9.17, 15) is 22.9 Å². The quantitative estimate of drug-likeness (QED) is 0.142. The van der Waals surface area contributed by atoms with Crippen molar-refractivity contribution >= 4 is 44.7 Å². The molecular formula is C27H28FN7O6S2. The predicted octanol–water partition coefficient (Wildman–Crippen LogP) is 4.66. The Kier molecular flexibility index (Phi) is 8.79. The predicted molar refractivity (Wildman–Crippen MR) is 157 cm³/mol. The van der Waals surface area contributed by atoms with Gasteiger partial charge in [0.1, 0.15) is 0 Å². The first kappa shape index (κ1) is 30.2. The molecule has 2 aromatic heterocycles. The number of nitrogens with zero attached hydrogens (tertiary/aromatic N) is 5. The highest BCUT2D eigenvalue weighted by Crippen LogP contribution is 2.39. The number of rotatable bonds is 10. The molecule has 226 valence electrons. The normalized spacial score (nSPS) is 15.3. The Morgan fingerprint density at radius 3 is 2.67 bits per heavy atom. The summed E-state index contributed by atoms with van der Waals surface area (Å²) in [6, 6.07) is 11.3. The van der Waals surface area contributed by atoms with Crippen LogP contribution in [0.1, 0.15) is 18.2 Å². The molecule has 1 saturated heterocycles. The number of hydrogen-bond donors (Lipinski definition) is 2. The number of morpholine rings is 1. The van der Waals surface area contributed by atoms with Crippen LogP contribution in [0.3, 0.4) is 0 Å². The number of aromatic amines is 1. The average molecular weight is 630 g/mol. The van der Waals surface area contributed by atoms with Gasteiger partial charge in [-0.2, -0.15) is 9.49 Å². The molecule has 2 aromatic carbocycles. The molecule has 1 atom stereocenters. The molecule has 13 nitrogen and oxygen atoms in total. The van der Waals surface area contributed by atoms with Gasteiger partial charge in [0, 0.05) is 34.8 Å². The second kappa shape index (κ2) is 12.5. The molecule has 0 bridgehead atoms. The molecule has 43 heavy (non-hydrogen) atoms. The van der Waals surface area contributed by atoms with Crippen LogP contribution >= 0.6 is 11.8 Å². The Hall–Kier alpha value is -4.28. The van der Waals surface area contributed by atoms with Crippen molar-refractivity contribution in [2.24, 2.45) is 0 Å². The summed E-state index contributed by atoms with van der Waals surface area (Å²) >= 11 is 1.21. The minimum atomic E-state index is -4.00. The van der Waals surface area contributed by atoms with E-state index in [2.05, 4.69) is 25.4 Å². The Bertz CT molecular complexity index is 1750. The van der Waals surface area contributed by atoms with E-state index in [0.717, 1.165) is 11.8 Å². The topological polar surface area (TPSA) is 165 Å². The lowest BCUT2D eigenvalue weighted by molar-refractivity contribution is -0.387. The molecule has 0 amide bonds. The van der Waals surface area contributed by atoms with Crippen LogP contribution in [0.25, 0.3) is 0 Å². The maximum absolute atomic E-state index is 14.5. The maximum Gasteiger partial charge on any atom is 0.305 e. The number of nitro benzene ring substituents is 1. The van der Waals surface area contributed by atoms with Crippen molar-refractivity contribution in [3.05, 3.63) is 75.7 Å². The van der Waals surface area contributed by atoms with Crippen molar-refractivity contribution in [3.8, 4) is 5.75 Å². The highest BCUT2D eigenvalue weighted by atomic mass is 32.2. The molecule has 1 unspecified atom stereocenters. The van der Waals surface area contributed by atoms with Crippen LogP contribution in [0.4, 0.5) is 27.5 Å². The van der Waals surface area contributed by atoms with Crippen molar-refractivity contribution in [1.29, 1.82) is 0 Å². The van der Waals surface area contributed by atoms with Crippen LogP contribution in [-0.2, 0) is 20.3 Å².